The molecule has 1 aromatic rings. The third kappa shape index (κ3) is 4.03. The number of carbonyl (C=O) groups is 1. The number of methoxy groups -OCH3 is 2. The van der Waals surface area contributed by atoms with Crippen LogP contribution in [0.5, 0.6) is 11.5 Å². The first-order valence-corrected chi connectivity index (χ1v) is 8.47. The Kier molecular flexibility index (Phi) is 5.65. The first-order chi connectivity index (χ1) is 10.1. The van der Waals surface area contributed by atoms with E-state index in [1.165, 1.54) is 33.4 Å². The number of sulfonamides is 1. The average Bonchev–Trinajstić information content (AvgIpc) is 2.43. The molecule has 8 heteroatoms. The third-order valence-electron chi connectivity index (χ3n) is 3.00. The lowest BCUT2D eigenvalue weighted by atomic mass is 10.1. The van der Waals surface area contributed by atoms with Crippen molar-refractivity contribution >= 4 is 21.6 Å². The standard InChI is InChI=1S/C14H22N2O5S/c1-9(2)15-14(17)10-7-12(20-4)13(21-5)8-11(10)16(3)22(6,18)19/h7-9H,1-6H3,(H,15,17). The molecule has 0 unspecified atom stereocenters. The van der Waals surface area contributed by atoms with E-state index in [2.05, 4.69) is 5.32 Å². The van der Waals surface area contributed by atoms with Gasteiger partial charge in [0.25, 0.3) is 5.91 Å². The summed E-state index contributed by atoms with van der Waals surface area (Å²) in [7, 11) is 0.737. The molecule has 0 bridgehead atoms. The van der Waals surface area contributed by atoms with Crippen LogP contribution in [0, 0.1) is 0 Å². The minimum atomic E-state index is -3.53. The molecule has 0 saturated heterocycles. The second-order valence-corrected chi connectivity index (χ2v) is 7.10. The summed E-state index contributed by atoms with van der Waals surface area (Å²) in [5.74, 6) is 0.303. The van der Waals surface area contributed by atoms with E-state index in [-0.39, 0.29) is 23.2 Å². The molecule has 22 heavy (non-hydrogen) atoms. The van der Waals surface area contributed by atoms with E-state index >= 15 is 0 Å². The summed E-state index contributed by atoms with van der Waals surface area (Å²) in [6, 6.07) is 2.85. The van der Waals surface area contributed by atoms with Gasteiger partial charge >= 0.3 is 0 Å². The molecule has 0 aromatic heterocycles. The highest BCUT2D eigenvalue weighted by Gasteiger charge is 2.23. The molecule has 0 saturated carbocycles. The van der Waals surface area contributed by atoms with Gasteiger partial charge in [0.1, 0.15) is 0 Å². The molecule has 0 fully saturated rings. The van der Waals surface area contributed by atoms with Crippen molar-refractivity contribution in [1.82, 2.24) is 5.32 Å². The van der Waals surface area contributed by atoms with Gasteiger partial charge in [0.15, 0.2) is 11.5 Å². The SMILES string of the molecule is COc1cc(C(=O)NC(C)C)c(N(C)S(C)(=O)=O)cc1OC. The Bertz CT molecular complexity index is 655. The van der Waals surface area contributed by atoms with Crippen LogP contribution in [0.2, 0.25) is 0 Å². The lowest BCUT2D eigenvalue weighted by molar-refractivity contribution is 0.0943. The van der Waals surface area contributed by atoms with Crippen molar-refractivity contribution in [1.29, 1.82) is 0 Å². The summed E-state index contributed by atoms with van der Waals surface area (Å²) in [6.07, 6.45) is 1.06. The van der Waals surface area contributed by atoms with Gasteiger partial charge in [-0.1, -0.05) is 0 Å². The van der Waals surface area contributed by atoms with Crippen LogP contribution >= 0.6 is 0 Å². The second kappa shape index (κ2) is 6.87. The summed E-state index contributed by atoms with van der Waals surface area (Å²) in [4.78, 5) is 12.3. The highest BCUT2D eigenvalue weighted by Crippen LogP contribution is 2.35. The number of nitrogens with one attached hydrogen (secondary N) is 1. The van der Waals surface area contributed by atoms with Gasteiger partial charge in [-0.25, -0.2) is 8.42 Å². The highest BCUT2D eigenvalue weighted by molar-refractivity contribution is 7.92. The monoisotopic (exact) mass is 330 g/mol. The number of rotatable bonds is 6. The van der Waals surface area contributed by atoms with Gasteiger partial charge in [-0.2, -0.15) is 0 Å². The number of nitrogens with zero attached hydrogens (tertiary/aromatic N) is 1. The van der Waals surface area contributed by atoms with E-state index in [9.17, 15) is 13.2 Å². The molecule has 0 atom stereocenters. The molecule has 1 rings (SSSR count). The number of hydrogen-bond donors (Lipinski definition) is 1. The zero-order valence-electron chi connectivity index (χ0n) is 13.6. The summed E-state index contributed by atoms with van der Waals surface area (Å²) in [6.45, 7) is 3.64. The molecule has 1 aromatic carbocycles. The summed E-state index contributed by atoms with van der Waals surface area (Å²) in [5, 5.41) is 2.74. The maximum absolute atomic E-state index is 12.3. The number of benzene rings is 1. The maximum Gasteiger partial charge on any atom is 0.253 e. The Morgan fingerprint density at radius 1 is 1.18 bits per heavy atom. The van der Waals surface area contributed by atoms with E-state index in [0.717, 1.165) is 10.6 Å². The van der Waals surface area contributed by atoms with Gasteiger partial charge in [-0.05, 0) is 19.9 Å². The number of anilines is 1. The molecular weight excluding hydrogens is 308 g/mol. The molecule has 0 aliphatic rings. The van der Waals surface area contributed by atoms with Gasteiger partial charge < -0.3 is 14.8 Å². The Hall–Kier alpha value is -1.96. The largest absolute Gasteiger partial charge is 0.493 e. The third-order valence-corrected chi connectivity index (χ3v) is 4.19. The van der Waals surface area contributed by atoms with Gasteiger partial charge in [-0.3, -0.25) is 9.10 Å². The topological polar surface area (TPSA) is 84.9 Å². The summed E-state index contributed by atoms with van der Waals surface area (Å²) in [5.41, 5.74) is 0.414. The molecule has 0 spiro atoms. The first kappa shape index (κ1) is 18.1. The molecule has 7 nitrogen and oxygen atoms in total. The number of ether oxygens (including phenoxy) is 2. The average molecular weight is 330 g/mol. The second-order valence-electron chi connectivity index (χ2n) is 5.08. The van der Waals surface area contributed by atoms with Crippen LogP contribution in [0.15, 0.2) is 12.1 Å². The van der Waals surface area contributed by atoms with Crippen LogP contribution in [-0.4, -0.2) is 47.9 Å². The Morgan fingerprint density at radius 2 is 1.68 bits per heavy atom. The van der Waals surface area contributed by atoms with Crippen molar-refractivity contribution in [2.45, 2.75) is 19.9 Å². The van der Waals surface area contributed by atoms with Crippen molar-refractivity contribution in [3.8, 4) is 11.5 Å². The maximum atomic E-state index is 12.3. The van der Waals surface area contributed by atoms with Crippen molar-refractivity contribution in [2.75, 3.05) is 31.8 Å². The van der Waals surface area contributed by atoms with E-state index in [0.29, 0.717) is 11.5 Å². The van der Waals surface area contributed by atoms with Crippen molar-refractivity contribution in [3.05, 3.63) is 17.7 Å². The van der Waals surface area contributed by atoms with Crippen LogP contribution in [0.25, 0.3) is 0 Å². The highest BCUT2D eigenvalue weighted by atomic mass is 32.2. The molecule has 0 radical (unpaired) electrons. The minimum absolute atomic E-state index is 0.0861. The van der Waals surface area contributed by atoms with Crippen molar-refractivity contribution < 1.29 is 22.7 Å². The normalized spacial score (nSPS) is 11.2. The van der Waals surface area contributed by atoms with E-state index in [1.807, 2.05) is 13.8 Å². The van der Waals surface area contributed by atoms with Crippen LogP contribution in [0.4, 0.5) is 5.69 Å². The van der Waals surface area contributed by atoms with Gasteiger partial charge in [0, 0.05) is 19.2 Å². The van der Waals surface area contributed by atoms with Crippen LogP contribution in [0.1, 0.15) is 24.2 Å². The number of amides is 1. The lowest BCUT2D eigenvalue weighted by Crippen LogP contribution is -2.33. The Labute approximate surface area is 131 Å². The fraction of sp³-hybridized carbons (Fsp3) is 0.500. The van der Waals surface area contributed by atoms with Crippen LogP contribution < -0.4 is 19.1 Å². The zero-order valence-corrected chi connectivity index (χ0v) is 14.4. The zero-order chi connectivity index (χ0) is 17.1. The van der Waals surface area contributed by atoms with Crippen molar-refractivity contribution in [2.24, 2.45) is 0 Å². The fourth-order valence-electron chi connectivity index (χ4n) is 1.83. The van der Waals surface area contributed by atoms with E-state index < -0.39 is 10.0 Å². The molecular formula is C14H22N2O5S. The summed E-state index contributed by atoms with van der Waals surface area (Å²) >= 11 is 0. The number of carbonyl (C=O) groups excluding carboxylic acids is 1. The van der Waals surface area contributed by atoms with Gasteiger partial charge in [0.05, 0.1) is 31.7 Å². The number of hydrogen-bond acceptors (Lipinski definition) is 5. The fourth-order valence-corrected chi connectivity index (χ4v) is 2.34. The van der Waals surface area contributed by atoms with Crippen LogP contribution in [0.3, 0.4) is 0 Å². The quantitative estimate of drug-likeness (QED) is 0.848. The van der Waals surface area contributed by atoms with Crippen LogP contribution in [-0.2, 0) is 10.0 Å². The smallest absolute Gasteiger partial charge is 0.253 e. The predicted molar refractivity (Wildman–Crippen MR) is 85.4 cm³/mol. The molecule has 0 heterocycles. The van der Waals surface area contributed by atoms with E-state index in [1.54, 1.807) is 0 Å². The van der Waals surface area contributed by atoms with Gasteiger partial charge in [0.2, 0.25) is 10.0 Å². The van der Waals surface area contributed by atoms with E-state index in [4.69, 9.17) is 9.47 Å². The predicted octanol–water partition coefficient (Wildman–Crippen LogP) is 1.24. The molecule has 1 amide bonds. The molecule has 1 N–H and O–H groups in total. The molecule has 124 valence electrons. The Balaban J connectivity index is 3.53. The lowest BCUT2D eigenvalue weighted by Gasteiger charge is -2.22. The first-order valence-electron chi connectivity index (χ1n) is 6.62. The van der Waals surface area contributed by atoms with Gasteiger partial charge in [-0.15, -0.1) is 0 Å². The minimum Gasteiger partial charge on any atom is -0.493 e. The summed E-state index contributed by atoms with van der Waals surface area (Å²) < 4.78 is 35.0. The van der Waals surface area contributed by atoms with Crippen molar-refractivity contribution in [3.63, 3.8) is 0 Å². The Morgan fingerprint density at radius 3 is 2.09 bits per heavy atom. The molecule has 0 aliphatic heterocycles. The molecule has 0 aliphatic carbocycles.